The minimum atomic E-state index is -0.738. The van der Waals surface area contributed by atoms with Crippen LogP contribution in [0.4, 0.5) is 11.5 Å². The van der Waals surface area contributed by atoms with Crippen LogP contribution in [0.3, 0.4) is 0 Å². The zero-order chi connectivity index (χ0) is 24.5. The topological polar surface area (TPSA) is 104 Å². The summed E-state index contributed by atoms with van der Waals surface area (Å²) in [7, 11) is 1.81. The molecule has 34 heavy (non-hydrogen) atoms. The molecule has 0 saturated heterocycles. The van der Waals surface area contributed by atoms with E-state index in [0.717, 1.165) is 33.4 Å². The lowest BCUT2D eigenvalue weighted by atomic mass is 9.86. The van der Waals surface area contributed by atoms with Gasteiger partial charge in [0, 0.05) is 42.7 Å². The van der Waals surface area contributed by atoms with E-state index < -0.39 is 11.3 Å². The lowest BCUT2D eigenvalue weighted by molar-refractivity contribution is 0.102. The Morgan fingerprint density at radius 3 is 2.62 bits per heavy atom. The number of nitrogens with one attached hydrogen (secondary N) is 2. The number of hydrogen-bond donors (Lipinski definition) is 2. The average Bonchev–Trinajstić information content (AvgIpc) is 2.85. The van der Waals surface area contributed by atoms with Gasteiger partial charge in [0.25, 0.3) is 5.91 Å². The Labute approximate surface area is 202 Å². The summed E-state index contributed by atoms with van der Waals surface area (Å²) in [4.78, 5) is 26.1. The Morgan fingerprint density at radius 2 is 1.88 bits per heavy atom. The highest BCUT2D eigenvalue weighted by Crippen LogP contribution is 2.33. The van der Waals surface area contributed by atoms with Crippen molar-refractivity contribution in [2.45, 2.75) is 26.2 Å². The first kappa shape index (κ1) is 23.1. The molecule has 3 aromatic heterocycles. The van der Waals surface area contributed by atoms with Crippen LogP contribution in [0.25, 0.3) is 22.0 Å². The van der Waals surface area contributed by atoms with Gasteiger partial charge in [-0.1, -0.05) is 11.6 Å². The number of anilines is 2. The highest BCUT2D eigenvalue weighted by atomic mass is 35.5. The summed E-state index contributed by atoms with van der Waals surface area (Å²) in [6.07, 6.45) is 5.09. The number of amides is 1. The van der Waals surface area contributed by atoms with Gasteiger partial charge in [0.05, 0.1) is 27.7 Å². The summed E-state index contributed by atoms with van der Waals surface area (Å²) in [6, 6.07) is 13.1. The van der Waals surface area contributed by atoms with Crippen molar-refractivity contribution < 1.29 is 4.79 Å². The van der Waals surface area contributed by atoms with Crippen molar-refractivity contribution in [3.63, 3.8) is 0 Å². The number of carbonyl (C=O) groups is 1. The minimum absolute atomic E-state index is 0.206. The van der Waals surface area contributed by atoms with Gasteiger partial charge in [0.15, 0.2) is 0 Å². The van der Waals surface area contributed by atoms with Crippen molar-refractivity contribution >= 4 is 39.9 Å². The quantitative estimate of drug-likeness (QED) is 0.385. The Kier molecular flexibility index (Phi) is 6.18. The lowest BCUT2D eigenvalue weighted by Crippen LogP contribution is -2.18. The van der Waals surface area contributed by atoms with Crippen LogP contribution >= 0.6 is 11.6 Å². The van der Waals surface area contributed by atoms with Crippen LogP contribution in [0.15, 0.2) is 55.0 Å². The van der Waals surface area contributed by atoms with Gasteiger partial charge >= 0.3 is 0 Å². The number of nitriles is 1. The third kappa shape index (κ3) is 4.54. The predicted molar refractivity (Wildman–Crippen MR) is 135 cm³/mol. The summed E-state index contributed by atoms with van der Waals surface area (Å²) in [5, 5.41) is 16.6. The molecule has 0 bridgehead atoms. The second-order valence-electron chi connectivity index (χ2n) is 8.50. The summed E-state index contributed by atoms with van der Waals surface area (Å²) in [5.41, 5.74) is 4.18. The van der Waals surface area contributed by atoms with Crippen molar-refractivity contribution in [1.29, 1.82) is 5.26 Å². The molecule has 170 valence electrons. The molecular formula is C26H23ClN6O. The zero-order valence-electron chi connectivity index (χ0n) is 19.3. The molecule has 0 aliphatic rings. The maximum atomic E-state index is 13.0. The van der Waals surface area contributed by atoms with E-state index in [1.807, 2.05) is 38.2 Å². The molecule has 0 aliphatic heterocycles. The van der Waals surface area contributed by atoms with Crippen LogP contribution in [0.1, 0.15) is 35.5 Å². The van der Waals surface area contributed by atoms with E-state index in [4.69, 9.17) is 11.6 Å². The third-order valence-electron chi connectivity index (χ3n) is 5.69. The van der Waals surface area contributed by atoms with Crippen LogP contribution in [-0.4, -0.2) is 27.9 Å². The van der Waals surface area contributed by atoms with E-state index >= 15 is 0 Å². The number of benzene rings is 1. The molecule has 4 aromatic rings. The van der Waals surface area contributed by atoms with Gasteiger partial charge < -0.3 is 10.6 Å². The van der Waals surface area contributed by atoms with Crippen LogP contribution in [0.5, 0.6) is 0 Å². The minimum Gasteiger partial charge on any atom is -0.373 e. The molecule has 3 heterocycles. The number of rotatable bonds is 5. The van der Waals surface area contributed by atoms with Gasteiger partial charge in [-0.25, -0.2) is 4.98 Å². The Morgan fingerprint density at radius 1 is 1.09 bits per heavy atom. The van der Waals surface area contributed by atoms with Crippen molar-refractivity contribution in [1.82, 2.24) is 15.0 Å². The maximum absolute atomic E-state index is 13.0. The molecule has 0 atom stereocenters. The number of hydrogen-bond acceptors (Lipinski definition) is 6. The number of fused-ring (bicyclic) bond motifs is 1. The van der Waals surface area contributed by atoms with Gasteiger partial charge in [0.1, 0.15) is 11.5 Å². The molecule has 1 aromatic carbocycles. The van der Waals surface area contributed by atoms with E-state index in [1.165, 1.54) is 6.20 Å². The summed E-state index contributed by atoms with van der Waals surface area (Å²) in [5.74, 6) is 0.337. The highest BCUT2D eigenvalue weighted by Gasteiger charge is 2.22. The maximum Gasteiger partial charge on any atom is 0.274 e. The molecule has 0 spiro atoms. The standard InChI is InChI=1S/C26H23ClN6O/c1-15-7-20(27)22(33-25(34)23-9-18(5-6-30-23)26(2,3)14-28)10-19(15)16-8-17-13-32-24(29-4)11-21(17)31-12-16/h5-13H,1-4H3,(H,29,32)(H,33,34). The molecule has 0 aliphatic carbocycles. The van der Waals surface area contributed by atoms with E-state index in [-0.39, 0.29) is 5.69 Å². The largest absolute Gasteiger partial charge is 0.373 e. The Balaban J connectivity index is 1.68. The molecule has 2 N–H and O–H groups in total. The average molecular weight is 471 g/mol. The van der Waals surface area contributed by atoms with Gasteiger partial charge in [-0.3, -0.25) is 14.8 Å². The highest BCUT2D eigenvalue weighted by molar-refractivity contribution is 6.34. The van der Waals surface area contributed by atoms with Gasteiger partial charge in [0.2, 0.25) is 0 Å². The third-order valence-corrected chi connectivity index (χ3v) is 6.00. The molecule has 0 radical (unpaired) electrons. The molecule has 4 rings (SSSR count). The molecule has 0 saturated carbocycles. The van der Waals surface area contributed by atoms with Crippen LogP contribution in [-0.2, 0) is 5.41 Å². The fraction of sp³-hybridized carbons (Fsp3) is 0.192. The Hall–Kier alpha value is -4.02. The first-order chi connectivity index (χ1) is 16.2. The van der Waals surface area contributed by atoms with Crippen molar-refractivity contribution in [2.75, 3.05) is 17.7 Å². The number of carbonyl (C=O) groups excluding carboxylic acids is 1. The van der Waals surface area contributed by atoms with E-state index in [1.54, 1.807) is 38.4 Å². The fourth-order valence-corrected chi connectivity index (χ4v) is 3.85. The lowest BCUT2D eigenvalue weighted by Gasteiger charge is -2.16. The first-order valence-electron chi connectivity index (χ1n) is 10.6. The summed E-state index contributed by atoms with van der Waals surface area (Å²) in [6.45, 7) is 5.54. The van der Waals surface area contributed by atoms with E-state index in [0.29, 0.717) is 16.3 Å². The zero-order valence-corrected chi connectivity index (χ0v) is 20.0. The van der Waals surface area contributed by atoms with Crippen LogP contribution < -0.4 is 10.6 Å². The molecule has 7 nitrogen and oxygen atoms in total. The number of pyridine rings is 3. The summed E-state index contributed by atoms with van der Waals surface area (Å²) >= 11 is 6.46. The van der Waals surface area contributed by atoms with E-state index in [9.17, 15) is 10.1 Å². The van der Waals surface area contributed by atoms with Crippen molar-refractivity contribution in [3.05, 3.63) is 76.8 Å². The molecular weight excluding hydrogens is 448 g/mol. The molecule has 0 fully saturated rings. The Bertz CT molecular complexity index is 1460. The second kappa shape index (κ2) is 9.08. The summed E-state index contributed by atoms with van der Waals surface area (Å²) < 4.78 is 0. The fourth-order valence-electron chi connectivity index (χ4n) is 3.58. The van der Waals surface area contributed by atoms with Gasteiger partial charge in [-0.05, 0) is 67.8 Å². The monoisotopic (exact) mass is 470 g/mol. The van der Waals surface area contributed by atoms with Crippen molar-refractivity contribution in [3.8, 4) is 17.2 Å². The van der Waals surface area contributed by atoms with E-state index in [2.05, 4.69) is 31.7 Å². The molecule has 0 unspecified atom stereocenters. The van der Waals surface area contributed by atoms with Gasteiger partial charge in [-0.2, -0.15) is 5.26 Å². The second-order valence-corrected chi connectivity index (χ2v) is 8.91. The molecule has 1 amide bonds. The number of aryl methyl sites for hydroxylation is 1. The number of nitrogens with zero attached hydrogens (tertiary/aromatic N) is 4. The molecule has 8 heteroatoms. The van der Waals surface area contributed by atoms with Crippen molar-refractivity contribution in [2.24, 2.45) is 0 Å². The number of aromatic nitrogens is 3. The number of halogens is 1. The van der Waals surface area contributed by atoms with Gasteiger partial charge in [-0.15, -0.1) is 0 Å². The van der Waals surface area contributed by atoms with Crippen LogP contribution in [0.2, 0.25) is 5.02 Å². The first-order valence-corrected chi connectivity index (χ1v) is 11.0. The predicted octanol–water partition coefficient (Wildman–Crippen LogP) is 5.75. The van der Waals surface area contributed by atoms with Crippen LogP contribution in [0, 0.1) is 18.3 Å². The normalized spacial score (nSPS) is 11.2. The SMILES string of the molecule is CNc1cc2ncc(-c3cc(NC(=O)c4cc(C(C)(C)C#N)ccn4)c(Cl)cc3C)cc2cn1. The smallest absolute Gasteiger partial charge is 0.274 e.